The third kappa shape index (κ3) is 2.63. The molecule has 0 aromatic rings. The van der Waals surface area contributed by atoms with Crippen LogP contribution in [0.15, 0.2) is 60.8 Å². The Bertz CT molecular complexity index is 305. The van der Waals surface area contributed by atoms with Gasteiger partial charge < -0.3 is 0 Å². The Morgan fingerprint density at radius 3 is 1.31 bits per heavy atom. The SMILES string of the molecule is C[C@H](C=C[C@H](C)C1C=CC=C1)C1C=CC=C1. The first-order chi connectivity index (χ1) is 7.77. The molecule has 0 aliphatic heterocycles. The second-order valence-corrected chi connectivity index (χ2v) is 4.80. The minimum atomic E-state index is 0.595. The zero-order valence-corrected chi connectivity index (χ0v) is 10.1. The molecule has 0 N–H and O–H groups in total. The largest absolute Gasteiger partial charge is 0.0845 e. The Morgan fingerprint density at radius 1 is 0.688 bits per heavy atom. The van der Waals surface area contributed by atoms with Crippen molar-refractivity contribution in [2.45, 2.75) is 13.8 Å². The molecular formula is C16H20. The first kappa shape index (κ1) is 11.2. The Morgan fingerprint density at radius 2 is 1.00 bits per heavy atom. The van der Waals surface area contributed by atoms with Crippen LogP contribution in [-0.4, -0.2) is 0 Å². The molecular weight excluding hydrogens is 192 g/mol. The molecule has 0 saturated carbocycles. The van der Waals surface area contributed by atoms with Crippen molar-refractivity contribution in [3.05, 3.63) is 60.8 Å². The Hall–Kier alpha value is -1.30. The molecule has 0 radical (unpaired) electrons. The number of hydrogen-bond acceptors (Lipinski definition) is 0. The van der Waals surface area contributed by atoms with Crippen LogP contribution in [0, 0.1) is 23.7 Å². The molecule has 0 nitrogen and oxygen atoms in total. The summed E-state index contributed by atoms with van der Waals surface area (Å²) in [6.07, 6.45) is 22.4. The minimum absolute atomic E-state index is 0.595. The van der Waals surface area contributed by atoms with Gasteiger partial charge in [-0.2, -0.15) is 0 Å². The van der Waals surface area contributed by atoms with Crippen molar-refractivity contribution in [1.29, 1.82) is 0 Å². The standard InChI is InChI=1S/C16H20/c1-13(15-7-3-4-8-15)11-12-14(2)16-9-5-6-10-16/h3-16H,1-2H3/t13-,14+. The molecule has 84 valence electrons. The first-order valence-electron chi connectivity index (χ1n) is 6.15. The van der Waals surface area contributed by atoms with E-state index in [0.717, 1.165) is 0 Å². The first-order valence-corrected chi connectivity index (χ1v) is 6.15. The molecule has 0 aromatic heterocycles. The highest BCUT2D eigenvalue weighted by Crippen LogP contribution is 2.24. The molecule has 0 heteroatoms. The van der Waals surface area contributed by atoms with Gasteiger partial charge in [0.15, 0.2) is 0 Å². The molecule has 2 atom stereocenters. The lowest BCUT2D eigenvalue weighted by atomic mass is 9.90. The summed E-state index contributed by atoms with van der Waals surface area (Å²) in [7, 11) is 0. The van der Waals surface area contributed by atoms with Gasteiger partial charge in [0.1, 0.15) is 0 Å². The van der Waals surface area contributed by atoms with Crippen LogP contribution in [0.2, 0.25) is 0 Å². The fourth-order valence-electron chi connectivity index (χ4n) is 2.21. The molecule has 0 amide bonds. The van der Waals surface area contributed by atoms with E-state index in [1.165, 1.54) is 0 Å². The molecule has 2 aliphatic carbocycles. The van der Waals surface area contributed by atoms with Crippen molar-refractivity contribution >= 4 is 0 Å². The highest BCUT2D eigenvalue weighted by Gasteiger charge is 2.13. The van der Waals surface area contributed by atoms with Gasteiger partial charge in [-0.3, -0.25) is 0 Å². The van der Waals surface area contributed by atoms with E-state index in [0.29, 0.717) is 23.7 Å². The van der Waals surface area contributed by atoms with Crippen LogP contribution in [-0.2, 0) is 0 Å². The molecule has 0 fully saturated rings. The lowest BCUT2D eigenvalue weighted by molar-refractivity contribution is 0.584. The van der Waals surface area contributed by atoms with Crippen LogP contribution >= 0.6 is 0 Å². The van der Waals surface area contributed by atoms with E-state index < -0.39 is 0 Å². The molecule has 2 rings (SSSR count). The van der Waals surface area contributed by atoms with Crippen molar-refractivity contribution in [2.75, 3.05) is 0 Å². The average Bonchev–Trinajstić information content (AvgIpc) is 2.95. The molecule has 0 saturated heterocycles. The molecule has 0 aromatic carbocycles. The van der Waals surface area contributed by atoms with E-state index in [1.807, 2.05) is 0 Å². The van der Waals surface area contributed by atoms with E-state index >= 15 is 0 Å². The Labute approximate surface area is 98.8 Å². The summed E-state index contributed by atoms with van der Waals surface area (Å²) in [5.74, 6) is 2.40. The normalized spacial score (nSPS) is 23.9. The molecule has 2 aliphatic rings. The van der Waals surface area contributed by atoms with Gasteiger partial charge in [0.05, 0.1) is 0 Å². The van der Waals surface area contributed by atoms with Crippen molar-refractivity contribution in [3.8, 4) is 0 Å². The quantitative estimate of drug-likeness (QED) is 0.609. The Balaban J connectivity index is 1.88. The monoisotopic (exact) mass is 212 g/mol. The summed E-state index contributed by atoms with van der Waals surface area (Å²) in [6.45, 7) is 4.57. The van der Waals surface area contributed by atoms with E-state index in [1.54, 1.807) is 0 Å². The predicted octanol–water partition coefficient (Wildman–Crippen LogP) is 4.30. The maximum absolute atomic E-state index is 2.36. The van der Waals surface area contributed by atoms with Gasteiger partial charge >= 0.3 is 0 Å². The third-order valence-electron chi connectivity index (χ3n) is 3.49. The zero-order valence-electron chi connectivity index (χ0n) is 10.1. The fraction of sp³-hybridized carbons (Fsp3) is 0.375. The second-order valence-electron chi connectivity index (χ2n) is 4.80. The summed E-state index contributed by atoms with van der Waals surface area (Å²) in [5, 5.41) is 0. The van der Waals surface area contributed by atoms with Crippen LogP contribution in [0.1, 0.15) is 13.8 Å². The van der Waals surface area contributed by atoms with Gasteiger partial charge in [-0.25, -0.2) is 0 Å². The smallest absolute Gasteiger partial charge is 0.00130 e. The van der Waals surface area contributed by atoms with Gasteiger partial charge in [-0.15, -0.1) is 0 Å². The van der Waals surface area contributed by atoms with Crippen LogP contribution in [0.25, 0.3) is 0 Å². The number of rotatable bonds is 4. The summed E-state index contributed by atoms with van der Waals surface area (Å²) < 4.78 is 0. The topological polar surface area (TPSA) is 0 Å². The van der Waals surface area contributed by atoms with Gasteiger partial charge in [0, 0.05) is 11.8 Å². The fourth-order valence-corrected chi connectivity index (χ4v) is 2.21. The number of allylic oxidation sites excluding steroid dienone is 10. The van der Waals surface area contributed by atoms with E-state index in [2.05, 4.69) is 74.6 Å². The molecule has 16 heavy (non-hydrogen) atoms. The summed E-state index contributed by atoms with van der Waals surface area (Å²) >= 11 is 0. The van der Waals surface area contributed by atoms with Gasteiger partial charge in [0.2, 0.25) is 0 Å². The van der Waals surface area contributed by atoms with Crippen molar-refractivity contribution in [1.82, 2.24) is 0 Å². The van der Waals surface area contributed by atoms with Crippen molar-refractivity contribution in [2.24, 2.45) is 23.7 Å². The highest BCUT2D eigenvalue weighted by molar-refractivity contribution is 5.22. The highest BCUT2D eigenvalue weighted by atomic mass is 14.2. The summed E-state index contributed by atoms with van der Waals surface area (Å²) in [5.41, 5.74) is 0. The van der Waals surface area contributed by atoms with Gasteiger partial charge in [-0.05, 0) is 11.8 Å². The van der Waals surface area contributed by atoms with E-state index in [9.17, 15) is 0 Å². The molecule has 0 heterocycles. The summed E-state index contributed by atoms with van der Waals surface area (Å²) in [6, 6.07) is 0. The van der Waals surface area contributed by atoms with Crippen LogP contribution < -0.4 is 0 Å². The van der Waals surface area contributed by atoms with E-state index in [4.69, 9.17) is 0 Å². The molecule has 0 bridgehead atoms. The predicted molar refractivity (Wildman–Crippen MR) is 71.0 cm³/mol. The lowest BCUT2D eigenvalue weighted by Gasteiger charge is -2.14. The minimum Gasteiger partial charge on any atom is -0.0845 e. The van der Waals surface area contributed by atoms with Gasteiger partial charge in [-0.1, -0.05) is 74.6 Å². The third-order valence-corrected chi connectivity index (χ3v) is 3.49. The van der Waals surface area contributed by atoms with Crippen LogP contribution in [0.5, 0.6) is 0 Å². The van der Waals surface area contributed by atoms with Crippen molar-refractivity contribution < 1.29 is 0 Å². The average molecular weight is 212 g/mol. The van der Waals surface area contributed by atoms with E-state index in [-0.39, 0.29) is 0 Å². The summed E-state index contributed by atoms with van der Waals surface area (Å²) in [4.78, 5) is 0. The maximum atomic E-state index is 2.36. The number of hydrogen-bond donors (Lipinski definition) is 0. The Kier molecular flexibility index (Phi) is 3.61. The zero-order chi connectivity index (χ0) is 11.4. The van der Waals surface area contributed by atoms with Crippen LogP contribution in [0.3, 0.4) is 0 Å². The lowest BCUT2D eigenvalue weighted by Crippen LogP contribution is -2.05. The molecule has 0 spiro atoms. The van der Waals surface area contributed by atoms with Crippen molar-refractivity contribution in [3.63, 3.8) is 0 Å². The van der Waals surface area contributed by atoms with Crippen LogP contribution in [0.4, 0.5) is 0 Å². The molecule has 0 unspecified atom stereocenters. The maximum Gasteiger partial charge on any atom is 0.00130 e. The van der Waals surface area contributed by atoms with Gasteiger partial charge in [0.25, 0.3) is 0 Å². The second kappa shape index (κ2) is 5.16.